The zero-order chi connectivity index (χ0) is 32.1. The van der Waals surface area contributed by atoms with Gasteiger partial charge in [-0.15, -0.1) is 10.2 Å². The van der Waals surface area contributed by atoms with Gasteiger partial charge in [0.05, 0.1) is 24.8 Å². The van der Waals surface area contributed by atoms with Crippen LogP contribution in [0.15, 0.2) is 40.3 Å². The number of benzene rings is 1. The molecule has 1 spiro atoms. The Morgan fingerprint density at radius 2 is 1.96 bits per heavy atom. The Kier molecular flexibility index (Phi) is 7.41. The van der Waals surface area contributed by atoms with Crippen molar-refractivity contribution < 1.29 is 34.4 Å². The molecule has 1 saturated heterocycles. The lowest BCUT2D eigenvalue weighted by molar-refractivity contribution is -0.230. The zero-order valence-corrected chi connectivity index (χ0v) is 24.7. The number of carbonyl (C=O) groups excluding carboxylic acids is 2. The van der Waals surface area contributed by atoms with E-state index in [9.17, 15) is 19.8 Å². The van der Waals surface area contributed by atoms with Crippen molar-refractivity contribution in [3.63, 3.8) is 0 Å². The molecule has 17 nitrogen and oxygen atoms in total. The van der Waals surface area contributed by atoms with Gasteiger partial charge in [0.2, 0.25) is 11.7 Å². The molecule has 1 aromatic heterocycles. The average molecular weight is 625 g/mol. The van der Waals surface area contributed by atoms with Gasteiger partial charge >= 0.3 is 0 Å². The Balaban J connectivity index is 1.21. The number of fused-ring (bicyclic) bond motifs is 1. The lowest BCUT2D eigenvalue weighted by Crippen LogP contribution is -2.78. The standard InChI is InChI=1S/C28H36N10O7/c1-26(2)8-10-45-20-14(4-3-5-15(20)26)22(40)33-18-13-38-25(30)32-17(21-27(38,28(18,42)43)35-24(29)34-21)12-31-23(41)16-6-7-19(37-36-16)44-11-9-39/h3-7,17-18,21,39,42-43H,8-13H2,1-2H3,(H2,30,32)(H,31,41)(H,33,40)(H3,29,34,35)/t17-,18?,21?,27?/m0/s1. The Labute approximate surface area is 257 Å². The molecule has 3 unspecified atom stereocenters. The van der Waals surface area contributed by atoms with E-state index in [4.69, 9.17) is 26.0 Å². The van der Waals surface area contributed by atoms with E-state index < -0.39 is 41.4 Å². The number of aliphatic hydroxyl groups is 3. The molecule has 4 aliphatic heterocycles. The van der Waals surface area contributed by atoms with E-state index in [0.29, 0.717) is 12.4 Å². The number of amides is 2. The van der Waals surface area contributed by atoms with Crippen LogP contribution in [-0.4, -0.2) is 117 Å². The zero-order valence-electron chi connectivity index (χ0n) is 24.7. The number of ether oxygens (including phenoxy) is 2. The molecule has 5 heterocycles. The topological polar surface area (TPSA) is 255 Å². The van der Waals surface area contributed by atoms with Gasteiger partial charge in [0.25, 0.3) is 11.8 Å². The summed E-state index contributed by atoms with van der Waals surface area (Å²) >= 11 is 0. The van der Waals surface area contributed by atoms with Crippen LogP contribution in [0.25, 0.3) is 0 Å². The first kappa shape index (κ1) is 30.3. The molecule has 2 aromatic rings. The first-order valence-electron chi connectivity index (χ1n) is 14.5. The number of hydrogen-bond donors (Lipinski definition) is 8. The monoisotopic (exact) mass is 624 g/mol. The first-order valence-corrected chi connectivity index (χ1v) is 14.5. The van der Waals surface area contributed by atoms with Gasteiger partial charge in [-0.25, -0.2) is 9.98 Å². The van der Waals surface area contributed by atoms with E-state index in [1.165, 1.54) is 17.0 Å². The summed E-state index contributed by atoms with van der Waals surface area (Å²) in [4.78, 5) is 36.8. The molecular formula is C28H36N10O7. The van der Waals surface area contributed by atoms with Gasteiger partial charge in [-0.1, -0.05) is 26.0 Å². The number of aliphatic imine (C=N–C) groups is 2. The summed E-state index contributed by atoms with van der Waals surface area (Å²) in [6.07, 6.45) is 0.788. The summed E-state index contributed by atoms with van der Waals surface area (Å²) in [7, 11) is 0. The molecule has 1 fully saturated rings. The highest BCUT2D eigenvalue weighted by molar-refractivity contribution is 5.98. The maximum Gasteiger partial charge on any atom is 0.271 e. The van der Waals surface area contributed by atoms with Crippen molar-refractivity contribution in [1.82, 2.24) is 31.0 Å². The van der Waals surface area contributed by atoms with Crippen molar-refractivity contribution in [2.75, 3.05) is 32.9 Å². The summed E-state index contributed by atoms with van der Waals surface area (Å²) in [5.41, 5.74) is 11.5. The molecular weight excluding hydrogens is 588 g/mol. The minimum Gasteiger partial charge on any atom is -0.492 e. The summed E-state index contributed by atoms with van der Waals surface area (Å²) in [6, 6.07) is 4.96. The minimum atomic E-state index is -2.66. The highest BCUT2D eigenvalue weighted by Crippen LogP contribution is 2.45. The SMILES string of the molecule is CC1(C)CCOc2c(C(=O)NC3CN4C(N)=N[C@@H](CNC(=O)c5ccc(OCCO)nn5)C5N=C(N)NC54C3(O)O)cccc21. The van der Waals surface area contributed by atoms with E-state index in [-0.39, 0.29) is 60.8 Å². The number of hydrogen-bond acceptors (Lipinski definition) is 15. The maximum atomic E-state index is 13.6. The number of nitrogens with one attached hydrogen (secondary N) is 3. The van der Waals surface area contributed by atoms with Crippen LogP contribution in [0.3, 0.4) is 0 Å². The molecule has 4 atom stereocenters. The molecule has 240 valence electrons. The summed E-state index contributed by atoms with van der Waals surface area (Å²) in [5, 5.41) is 48.3. The smallest absolute Gasteiger partial charge is 0.271 e. The number of para-hydroxylation sites is 1. The third-order valence-corrected chi connectivity index (χ3v) is 8.75. The second-order valence-electron chi connectivity index (χ2n) is 12.0. The predicted octanol–water partition coefficient (Wildman–Crippen LogP) is -2.89. The van der Waals surface area contributed by atoms with Gasteiger partial charge in [0.15, 0.2) is 23.3 Å². The van der Waals surface area contributed by atoms with Crippen LogP contribution >= 0.6 is 0 Å². The van der Waals surface area contributed by atoms with Crippen molar-refractivity contribution in [1.29, 1.82) is 0 Å². The third kappa shape index (κ3) is 4.92. The number of rotatable bonds is 8. The van der Waals surface area contributed by atoms with Crippen LogP contribution in [0.4, 0.5) is 0 Å². The van der Waals surface area contributed by atoms with E-state index in [1.807, 2.05) is 6.07 Å². The second-order valence-corrected chi connectivity index (χ2v) is 12.0. The van der Waals surface area contributed by atoms with Crippen molar-refractivity contribution in [3.8, 4) is 11.6 Å². The molecule has 0 radical (unpaired) electrons. The molecule has 10 N–H and O–H groups in total. The molecule has 17 heteroatoms. The summed E-state index contributed by atoms with van der Waals surface area (Å²) < 4.78 is 11.1. The van der Waals surface area contributed by atoms with Gasteiger partial charge < -0.3 is 57.1 Å². The van der Waals surface area contributed by atoms with Crippen LogP contribution in [-0.2, 0) is 5.41 Å². The van der Waals surface area contributed by atoms with Gasteiger partial charge in [-0.2, -0.15) is 0 Å². The van der Waals surface area contributed by atoms with E-state index in [1.54, 1.807) is 12.1 Å². The number of nitrogens with zero attached hydrogens (tertiary/aromatic N) is 5. The highest BCUT2D eigenvalue weighted by atomic mass is 16.5. The Morgan fingerprint density at radius 3 is 2.69 bits per heavy atom. The molecule has 45 heavy (non-hydrogen) atoms. The fraction of sp³-hybridized carbons (Fsp3) is 0.500. The maximum absolute atomic E-state index is 13.6. The summed E-state index contributed by atoms with van der Waals surface area (Å²) in [6.45, 7) is 4.16. The predicted molar refractivity (Wildman–Crippen MR) is 158 cm³/mol. The number of aromatic nitrogens is 2. The van der Waals surface area contributed by atoms with Crippen molar-refractivity contribution in [2.24, 2.45) is 21.5 Å². The van der Waals surface area contributed by atoms with E-state index >= 15 is 0 Å². The molecule has 0 saturated carbocycles. The molecule has 0 aliphatic carbocycles. The lowest BCUT2D eigenvalue weighted by atomic mass is 9.79. The lowest BCUT2D eigenvalue weighted by Gasteiger charge is -2.49. The molecule has 2 amide bonds. The van der Waals surface area contributed by atoms with Crippen molar-refractivity contribution in [2.45, 2.75) is 55.3 Å². The number of guanidine groups is 2. The van der Waals surface area contributed by atoms with Crippen LogP contribution < -0.4 is 36.9 Å². The normalized spacial score (nSPS) is 27.0. The summed E-state index contributed by atoms with van der Waals surface area (Å²) in [5.74, 6) is -3.37. The van der Waals surface area contributed by atoms with Gasteiger partial charge in [-0.05, 0) is 24.0 Å². The second kappa shape index (κ2) is 11.0. The van der Waals surface area contributed by atoms with Crippen LogP contribution in [0.5, 0.6) is 11.6 Å². The fourth-order valence-electron chi connectivity index (χ4n) is 6.39. The van der Waals surface area contributed by atoms with Gasteiger partial charge in [0.1, 0.15) is 24.4 Å². The Morgan fingerprint density at radius 1 is 1.16 bits per heavy atom. The molecule has 6 rings (SSSR count). The largest absolute Gasteiger partial charge is 0.492 e. The molecule has 0 bridgehead atoms. The van der Waals surface area contributed by atoms with Crippen LogP contribution in [0.1, 0.15) is 46.7 Å². The Bertz CT molecular complexity index is 1560. The quantitative estimate of drug-likeness (QED) is 0.137. The van der Waals surface area contributed by atoms with Crippen LogP contribution in [0, 0.1) is 0 Å². The van der Waals surface area contributed by atoms with Gasteiger partial charge in [-0.3, -0.25) is 9.59 Å². The average Bonchev–Trinajstić information content (AvgIpc) is 3.48. The number of carbonyl (C=O) groups is 2. The van der Waals surface area contributed by atoms with Crippen LogP contribution in [0.2, 0.25) is 0 Å². The Hall–Kier alpha value is -4.74. The minimum absolute atomic E-state index is 0.0132. The van der Waals surface area contributed by atoms with Gasteiger partial charge in [0, 0.05) is 24.7 Å². The molecule has 4 aliphatic rings. The van der Waals surface area contributed by atoms with E-state index in [0.717, 1.165) is 12.0 Å². The van der Waals surface area contributed by atoms with Crippen molar-refractivity contribution in [3.05, 3.63) is 47.2 Å². The number of aliphatic hydroxyl groups excluding tert-OH is 1. The number of nitrogens with two attached hydrogens (primary N) is 2. The van der Waals surface area contributed by atoms with Crippen molar-refractivity contribution >= 4 is 23.7 Å². The van der Waals surface area contributed by atoms with E-state index in [2.05, 4.69) is 50.0 Å². The first-order chi connectivity index (χ1) is 21.4. The highest BCUT2D eigenvalue weighted by Gasteiger charge is 2.73. The third-order valence-electron chi connectivity index (χ3n) is 8.75. The fourth-order valence-corrected chi connectivity index (χ4v) is 6.39. The molecule has 1 aromatic carbocycles.